The van der Waals surface area contributed by atoms with Gasteiger partial charge in [0.05, 0.1) is 33.8 Å². The van der Waals surface area contributed by atoms with Crippen LogP contribution in [-0.4, -0.2) is 60.3 Å². The first-order valence-corrected chi connectivity index (χ1v) is 15.1. The van der Waals surface area contributed by atoms with Crippen LogP contribution < -0.4 is 16.4 Å². The van der Waals surface area contributed by atoms with Gasteiger partial charge < -0.3 is 16.4 Å². The minimum absolute atomic E-state index is 0.145. The molecule has 0 spiro atoms. The number of nitrogen functional groups attached to an aromatic ring is 1. The summed E-state index contributed by atoms with van der Waals surface area (Å²) in [6, 6.07) is 5.29. The van der Waals surface area contributed by atoms with Crippen molar-refractivity contribution in [2.75, 3.05) is 30.7 Å². The third-order valence-electron chi connectivity index (χ3n) is 9.46. The normalized spacial score (nSPS) is 30.0. The molecule has 6 heterocycles. The van der Waals surface area contributed by atoms with E-state index >= 15 is 0 Å². The van der Waals surface area contributed by atoms with Gasteiger partial charge in [-0.15, -0.1) is 16.4 Å². The smallest absolute Gasteiger partial charge is 0.248 e. The second-order valence-corrected chi connectivity index (χ2v) is 12.9. The number of anilines is 3. The van der Waals surface area contributed by atoms with Gasteiger partial charge in [-0.2, -0.15) is 14.6 Å². The summed E-state index contributed by atoms with van der Waals surface area (Å²) in [5, 5.41) is 13.7. The van der Waals surface area contributed by atoms with Crippen LogP contribution in [0.5, 0.6) is 0 Å². The summed E-state index contributed by atoms with van der Waals surface area (Å²) in [4.78, 5) is 20.8. The van der Waals surface area contributed by atoms with Gasteiger partial charge in [-0.3, -0.25) is 9.88 Å². The molecule has 6 unspecified atom stereocenters. The van der Waals surface area contributed by atoms with E-state index in [4.69, 9.17) is 22.3 Å². The fourth-order valence-electron chi connectivity index (χ4n) is 7.67. The monoisotopic (exact) mass is 562 g/mol. The summed E-state index contributed by atoms with van der Waals surface area (Å²) in [5.74, 6) is 4.39. The number of pyridine rings is 1. The number of nitrogens with one attached hydrogen (secondary N) is 2. The van der Waals surface area contributed by atoms with Crippen LogP contribution >= 0.6 is 22.9 Å². The molecule has 12 heteroatoms. The molecule has 4 fully saturated rings. The summed E-state index contributed by atoms with van der Waals surface area (Å²) in [6.45, 7) is 5.51. The lowest BCUT2D eigenvalue weighted by molar-refractivity contribution is 0.161. The Labute approximate surface area is 235 Å². The molecule has 8 rings (SSSR count). The molecule has 4 N–H and O–H groups in total. The van der Waals surface area contributed by atoms with Crippen LogP contribution in [0.25, 0.3) is 16.0 Å². The number of rotatable bonds is 5. The maximum Gasteiger partial charge on any atom is 0.248 e. The number of aryl methyl sites for hydroxylation is 1. The number of hydrogen-bond donors (Lipinski definition) is 3. The summed E-state index contributed by atoms with van der Waals surface area (Å²) < 4.78 is 2.36. The minimum Gasteiger partial charge on any atom is -0.368 e. The van der Waals surface area contributed by atoms with E-state index in [9.17, 15) is 0 Å². The predicted octanol–water partition coefficient (Wildman–Crippen LogP) is 4.34. The Kier molecular flexibility index (Phi) is 5.59. The standard InChI is InChI=1S/C27H31ClN10S/c1-13-12-39-23-21(13)33-25(28)34-24(23)38-26(29)35-27(36-38)32-17-4-5-19(30-9-17)22-18-11-37(10-16(18)8-31-22)20-7-14-2-3-15(20)6-14/h4-5,9,12,14-16,18,20,22,31H,2-3,6-8,10-11H2,1H3,(H3,29,32,35,36). The molecule has 2 saturated heterocycles. The number of nitrogens with zero attached hydrogens (tertiary/aromatic N) is 7. The van der Waals surface area contributed by atoms with Crippen LogP contribution in [0.4, 0.5) is 17.6 Å². The molecule has 2 bridgehead atoms. The number of hydrogen-bond acceptors (Lipinski definition) is 10. The predicted molar refractivity (Wildman–Crippen MR) is 153 cm³/mol. The van der Waals surface area contributed by atoms with E-state index in [-0.39, 0.29) is 11.2 Å². The Balaban J connectivity index is 0.980. The molecular weight excluding hydrogens is 532 g/mol. The SMILES string of the molecule is Cc1csc2c(-n3nc(Nc4ccc(C5NCC6CN(C7CC8CCC7C8)CC65)nc4)nc3N)nc(Cl)nc12. The molecule has 0 radical (unpaired) electrons. The van der Waals surface area contributed by atoms with E-state index in [0.717, 1.165) is 57.5 Å². The molecule has 4 aliphatic rings. The van der Waals surface area contributed by atoms with Gasteiger partial charge in [0, 0.05) is 25.7 Å². The summed E-state index contributed by atoms with van der Waals surface area (Å²) in [6.07, 6.45) is 7.66. The molecule has 0 aromatic carbocycles. The van der Waals surface area contributed by atoms with E-state index in [1.165, 1.54) is 54.8 Å². The number of thiophene rings is 1. The fourth-order valence-corrected chi connectivity index (χ4v) is 8.79. The lowest BCUT2D eigenvalue weighted by atomic mass is 9.92. The Morgan fingerprint density at radius 3 is 2.85 bits per heavy atom. The zero-order valence-electron chi connectivity index (χ0n) is 21.7. The van der Waals surface area contributed by atoms with Crippen molar-refractivity contribution in [3.63, 3.8) is 0 Å². The number of nitrogens with two attached hydrogens (primary N) is 1. The van der Waals surface area contributed by atoms with E-state index in [1.807, 2.05) is 24.6 Å². The van der Waals surface area contributed by atoms with Crippen LogP contribution in [-0.2, 0) is 0 Å². The summed E-state index contributed by atoms with van der Waals surface area (Å²) in [7, 11) is 0. The van der Waals surface area contributed by atoms with Gasteiger partial charge in [0.15, 0.2) is 5.82 Å². The topological polar surface area (TPSA) is 123 Å². The Bertz CT molecular complexity index is 1550. The maximum atomic E-state index is 6.23. The molecule has 2 aliphatic carbocycles. The lowest BCUT2D eigenvalue weighted by Crippen LogP contribution is -2.39. The number of fused-ring (bicyclic) bond motifs is 4. The average Bonchev–Trinajstić information content (AvgIpc) is 3.76. The minimum atomic E-state index is 0.145. The van der Waals surface area contributed by atoms with Gasteiger partial charge in [0.1, 0.15) is 0 Å². The molecule has 0 amide bonds. The van der Waals surface area contributed by atoms with Crippen LogP contribution in [0, 0.1) is 30.6 Å². The van der Waals surface area contributed by atoms with Crippen molar-refractivity contribution >= 4 is 50.7 Å². The van der Waals surface area contributed by atoms with Crippen LogP contribution in [0.3, 0.4) is 0 Å². The Morgan fingerprint density at radius 2 is 2.05 bits per heavy atom. The molecule has 10 nitrogen and oxygen atoms in total. The van der Waals surface area contributed by atoms with Gasteiger partial charge in [-0.1, -0.05) is 6.42 Å². The van der Waals surface area contributed by atoms with E-state index in [1.54, 1.807) is 0 Å². The zero-order chi connectivity index (χ0) is 26.2. The lowest BCUT2D eigenvalue weighted by Gasteiger charge is -2.32. The van der Waals surface area contributed by atoms with E-state index in [0.29, 0.717) is 23.7 Å². The average molecular weight is 563 g/mol. The molecular formula is C27H31ClN10S. The zero-order valence-corrected chi connectivity index (χ0v) is 23.3. The third-order valence-corrected chi connectivity index (χ3v) is 10.7. The van der Waals surface area contributed by atoms with Crippen molar-refractivity contribution in [3.05, 3.63) is 40.3 Å². The van der Waals surface area contributed by atoms with Gasteiger partial charge in [-0.25, -0.2) is 4.98 Å². The highest BCUT2D eigenvalue weighted by atomic mass is 35.5. The largest absolute Gasteiger partial charge is 0.368 e. The quantitative estimate of drug-likeness (QED) is 0.305. The molecule has 202 valence electrons. The second kappa shape index (κ2) is 9.09. The molecule has 2 aliphatic heterocycles. The first kappa shape index (κ1) is 24.0. The Hall–Kier alpha value is -2.86. The van der Waals surface area contributed by atoms with Crippen LogP contribution in [0.2, 0.25) is 5.28 Å². The van der Waals surface area contributed by atoms with Crippen molar-refractivity contribution in [1.29, 1.82) is 0 Å². The highest BCUT2D eigenvalue weighted by Crippen LogP contribution is 2.49. The first-order chi connectivity index (χ1) is 19.0. The van der Waals surface area contributed by atoms with Crippen molar-refractivity contribution in [3.8, 4) is 5.82 Å². The van der Waals surface area contributed by atoms with Gasteiger partial charge >= 0.3 is 0 Å². The highest BCUT2D eigenvalue weighted by Gasteiger charge is 2.49. The van der Waals surface area contributed by atoms with Gasteiger partial charge in [0.25, 0.3) is 0 Å². The van der Waals surface area contributed by atoms with Gasteiger partial charge in [-0.05, 0) is 84.5 Å². The molecule has 2 saturated carbocycles. The fraction of sp³-hybridized carbons (Fsp3) is 0.519. The third kappa shape index (κ3) is 4.01. The van der Waals surface area contributed by atoms with Crippen LogP contribution in [0.15, 0.2) is 23.7 Å². The first-order valence-electron chi connectivity index (χ1n) is 13.8. The molecule has 4 aromatic heterocycles. The van der Waals surface area contributed by atoms with E-state index in [2.05, 4.69) is 41.7 Å². The van der Waals surface area contributed by atoms with Crippen LogP contribution in [0.1, 0.15) is 43.0 Å². The molecule has 6 atom stereocenters. The Morgan fingerprint density at radius 1 is 1.13 bits per heavy atom. The molecule has 4 aromatic rings. The van der Waals surface area contributed by atoms with Crippen molar-refractivity contribution in [2.24, 2.45) is 23.7 Å². The summed E-state index contributed by atoms with van der Waals surface area (Å²) in [5.41, 5.74) is 9.96. The van der Waals surface area contributed by atoms with E-state index < -0.39 is 0 Å². The number of aromatic nitrogens is 6. The second-order valence-electron chi connectivity index (χ2n) is 11.7. The summed E-state index contributed by atoms with van der Waals surface area (Å²) >= 11 is 7.73. The van der Waals surface area contributed by atoms with Gasteiger partial charge in [0.2, 0.25) is 17.2 Å². The van der Waals surface area contributed by atoms with Crippen molar-refractivity contribution in [2.45, 2.75) is 44.7 Å². The number of halogens is 1. The highest BCUT2D eigenvalue weighted by molar-refractivity contribution is 7.17. The molecule has 39 heavy (non-hydrogen) atoms. The number of likely N-dealkylation sites (tertiary alicyclic amines) is 1. The van der Waals surface area contributed by atoms with Crippen molar-refractivity contribution in [1.82, 2.24) is 39.9 Å². The van der Waals surface area contributed by atoms with Crippen molar-refractivity contribution < 1.29 is 0 Å². The maximum absolute atomic E-state index is 6.23.